The van der Waals surface area contributed by atoms with Crippen LogP contribution in [0, 0.1) is 11.7 Å². The Morgan fingerprint density at radius 1 is 0.906 bits per heavy atom. The first-order valence-corrected chi connectivity index (χ1v) is 11.4. The van der Waals surface area contributed by atoms with E-state index in [0.29, 0.717) is 11.3 Å². The van der Waals surface area contributed by atoms with Gasteiger partial charge in [0.1, 0.15) is 11.6 Å². The molecule has 0 amide bonds. The molecular weight excluding hydrogens is 416 g/mol. The molecule has 0 radical (unpaired) electrons. The van der Waals surface area contributed by atoms with Crippen LogP contribution < -0.4 is 4.74 Å². The van der Waals surface area contributed by atoms with E-state index in [1.165, 1.54) is 43.0 Å². The molecule has 32 heavy (non-hydrogen) atoms. The van der Waals surface area contributed by atoms with E-state index >= 15 is 0 Å². The van der Waals surface area contributed by atoms with Crippen molar-refractivity contribution in [2.24, 2.45) is 5.92 Å². The van der Waals surface area contributed by atoms with E-state index in [1.54, 1.807) is 18.2 Å². The Bertz CT molecular complexity index is 1060. The molecule has 0 aromatic heterocycles. The number of rotatable bonds is 7. The van der Waals surface area contributed by atoms with E-state index in [9.17, 15) is 17.6 Å². The third-order valence-electron chi connectivity index (χ3n) is 6.63. The maximum absolute atomic E-state index is 14.4. The Hall–Kier alpha value is -2.56. The summed E-state index contributed by atoms with van der Waals surface area (Å²) in [5, 5.41) is 1.56. The van der Waals surface area contributed by atoms with Crippen molar-refractivity contribution in [3.63, 3.8) is 0 Å². The summed E-state index contributed by atoms with van der Waals surface area (Å²) < 4.78 is 56.2. The minimum Gasteiger partial charge on any atom is -0.406 e. The molecule has 0 saturated heterocycles. The first kappa shape index (κ1) is 22.6. The Labute approximate surface area is 186 Å². The average molecular weight is 445 g/mol. The minimum atomic E-state index is -4.70. The molecule has 0 heterocycles. The van der Waals surface area contributed by atoms with Crippen LogP contribution in [-0.4, -0.2) is 6.36 Å². The number of hydrogen-bond acceptors (Lipinski definition) is 1. The Balaban J connectivity index is 1.71. The summed E-state index contributed by atoms with van der Waals surface area (Å²) >= 11 is 0. The Morgan fingerprint density at radius 2 is 1.69 bits per heavy atom. The zero-order valence-electron chi connectivity index (χ0n) is 18.2. The number of benzene rings is 3. The number of hydrogen-bond donors (Lipinski definition) is 0. The maximum atomic E-state index is 14.4. The van der Waals surface area contributed by atoms with Crippen LogP contribution in [0.5, 0.6) is 5.75 Å². The first-order chi connectivity index (χ1) is 15.4. The highest BCUT2D eigenvalue weighted by atomic mass is 19.4. The Morgan fingerprint density at radius 3 is 2.41 bits per heavy atom. The molecule has 3 aromatic rings. The summed E-state index contributed by atoms with van der Waals surface area (Å²) in [6.45, 7) is 2.19. The van der Waals surface area contributed by atoms with Gasteiger partial charge in [0.05, 0.1) is 0 Å². The molecule has 0 unspecified atom stereocenters. The summed E-state index contributed by atoms with van der Waals surface area (Å²) in [5.41, 5.74) is 3.31. The second-order valence-electron chi connectivity index (χ2n) is 8.71. The lowest BCUT2D eigenvalue weighted by Gasteiger charge is -2.35. The smallest absolute Gasteiger partial charge is 0.406 e. The van der Waals surface area contributed by atoms with Gasteiger partial charge in [-0.25, -0.2) is 4.39 Å². The van der Waals surface area contributed by atoms with Crippen molar-refractivity contribution >= 4 is 10.8 Å². The number of fused-ring (bicyclic) bond motifs is 3. The van der Waals surface area contributed by atoms with E-state index in [-0.39, 0.29) is 17.5 Å². The normalized spacial score (nSPS) is 18.5. The van der Waals surface area contributed by atoms with Crippen molar-refractivity contribution in [3.8, 4) is 5.75 Å². The van der Waals surface area contributed by atoms with Crippen LogP contribution in [0.2, 0.25) is 0 Å². The molecule has 0 fully saturated rings. The third-order valence-corrected chi connectivity index (χ3v) is 6.63. The fraction of sp³-hybridized carbons (Fsp3) is 0.407. The van der Waals surface area contributed by atoms with Crippen LogP contribution >= 0.6 is 0 Å². The predicted octanol–water partition coefficient (Wildman–Crippen LogP) is 8.54. The molecule has 0 aliphatic heterocycles. The topological polar surface area (TPSA) is 9.23 Å². The van der Waals surface area contributed by atoms with Crippen LogP contribution in [0.15, 0.2) is 54.6 Å². The number of unbranched alkanes of at least 4 members (excludes halogenated alkanes) is 3. The van der Waals surface area contributed by atoms with Crippen LogP contribution in [0.4, 0.5) is 17.6 Å². The molecular formula is C27H28F4O. The van der Waals surface area contributed by atoms with Gasteiger partial charge in [-0.2, -0.15) is 0 Å². The van der Waals surface area contributed by atoms with Crippen molar-refractivity contribution < 1.29 is 22.3 Å². The first-order valence-electron chi connectivity index (χ1n) is 11.4. The molecule has 170 valence electrons. The van der Waals surface area contributed by atoms with Gasteiger partial charge in [0, 0.05) is 11.3 Å². The van der Waals surface area contributed by atoms with Gasteiger partial charge in [-0.05, 0) is 65.5 Å². The summed E-state index contributed by atoms with van der Waals surface area (Å²) in [5.74, 6) is 0.0438. The molecule has 5 heteroatoms. The van der Waals surface area contributed by atoms with E-state index in [2.05, 4.69) is 11.7 Å². The fourth-order valence-electron chi connectivity index (χ4n) is 5.19. The molecule has 0 N–H and O–H groups in total. The summed E-state index contributed by atoms with van der Waals surface area (Å²) in [6, 6.07) is 15.3. The average Bonchev–Trinajstić information content (AvgIpc) is 2.76. The highest BCUT2D eigenvalue weighted by molar-refractivity contribution is 5.88. The van der Waals surface area contributed by atoms with Gasteiger partial charge < -0.3 is 4.74 Å². The van der Waals surface area contributed by atoms with E-state index in [1.807, 2.05) is 18.2 Å². The molecule has 0 spiro atoms. The van der Waals surface area contributed by atoms with Gasteiger partial charge in [0.15, 0.2) is 0 Å². The van der Waals surface area contributed by atoms with Gasteiger partial charge >= 0.3 is 6.36 Å². The largest absolute Gasteiger partial charge is 0.573 e. The molecule has 1 aliphatic rings. The van der Waals surface area contributed by atoms with Crippen LogP contribution in [-0.2, 0) is 6.42 Å². The molecule has 1 aliphatic carbocycles. The van der Waals surface area contributed by atoms with Crippen molar-refractivity contribution in [2.75, 3.05) is 0 Å². The third kappa shape index (κ3) is 4.92. The standard InChI is InChI=1S/C27H28F4O/c1-2-3-4-5-7-18-12-15-22-21-8-6-9-25(28)23(21)16-17-24(22)26(18)19-10-13-20(14-11-19)32-27(29,30)31/h6,8-11,13-14,16-18,26H,2-5,7,12,15H2,1H3/t18-,26-/m1/s1. The molecule has 1 nitrogen and oxygen atoms in total. The summed E-state index contributed by atoms with van der Waals surface area (Å²) in [6.07, 6.45) is 2.96. The van der Waals surface area contributed by atoms with E-state index < -0.39 is 6.36 Å². The number of aryl methyl sites for hydroxylation is 1. The molecule has 0 saturated carbocycles. The van der Waals surface area contributed by atoms with Gasteiger partial charge in [-0.3, -0.25) is 0 Å². The van der Waals surface area contributed by atoms with Crippen LogP contribution in [0.1, 0.15) is 68.1 Å². The van der Waals surface area contributed by atoms with E-state index in [4.69, 9.17) is 0 Å². The quantitative estimate of drug-likeness (QED) is 0.262. The summed E-state index contributed by atoms with van der Waals surface area (Å²) in [4.78, 5) is 0. The highest BCUT2D eigenvalue weighted by Crippen LogP contribution is 2.45. The predicted molar refractivity (Wildman–Crippen MR) is 119 cm³/mol. The molecule has 0 bridgehead atoms. The zero-order chi connectivity index (χ0) is 22.7. The zero-order valence-corrected chi connectivity index (χ0v) is 18.2. The van der Waals surface area contributed by atoms with Crippen molar-refractivity contribution in [2.45, 2.75) is 64.1 Å². The number of ether oxygens (including phenoxy) is 1. The minimum absolute atomic E-state index is 0.0768. The van der Waals surface area contributed by atoms with Gasteiger partial charge in [0.2, 0.25) is 0 Å². The fourth-order valence-corrected chi connectivity index (χ4v) is 5.19. The van der Waals surface area contributed by atoms with E-state index in [0.717, 1.165) is 42.2 Å². The second kappa shape index (κ2) is 9.51. The maximum Gasteiger partial charge on any atom is 0.573 e. The molecule has 3 aromatic carbocycles. The Kier molecular flexibility index (Phi) is 6.73. The number of alkyl halides is 3. The molecule has 2 atom stereocenters. The monoisotopic (exact) mass is 444 g/mol. The van der Waals surface area contributed by atoms with Gasteiger partial charge in [-0.1, -0.05) is 69.0 Å². The number of halogens is 4. The highest BCUT2D eigenvalue weighted by Gasteiger charge is 2.33. The van der Waals surface area contributed by atoms with Crippen molar-refractivity contribution in [3.05, 3.63) is 77.1 Å². The van der Waals surface area contributed by atoms with Gasteiger partial charge in [-0.15, -0.1) is 13.2 Å². The second-order valence-corrected chi connectivity index (χ2v) is 8.71. The lowest BCUT2D eigenvalue weighted by atomic mass is 9.69. The summed E-state index contributed by atoms with van der Waals surface area (Å²) in [7, 11) is 0. The SMILES string of the molecule is CCCCCC[C@@H]1CCc2c(ccc3c(F)cccc23)[C@H]1c1ccc(OC(F)(F)F)cc1. The lowest BCUT2D eigenvalue weighted by Crippen LogP contribution is -2.22. The van der Waals surface area contributed by atoms with Gasteiger partial charge in [0.25, 0.3) is 0 Å². The van der Waals surface area contributed by atoms with Crippen LogP contribution in [0.25, 0.3) is 10.8 Å². The van der Waals surface area contributed by atoms with Crippen LogP contribution in [0.3, 0.4) is 0 Å². The van der Waals surface area contributed by atoms with Crippen molar-refractivity contribution in [1.29, 1.82) is 0 Å². The molecule has 4 rings (SSSR count). The van der Waals surface area contributed by atoms with Crippen molar-refractivity contribution in [1.82, 2.24) is 0 Å². The lowest BCUT2D eigenvalue weighted by molar-refractivity contribution is -0.274.